The number of fused-ring (bicyclic) bond motifs is 11. The van der Waals surface area contributed by atoms with Gasteiger partial charge in [0.15, 0.2) is 0 Å². The van der Waals surface area contributed by atoms with Crippen LogP contribution in [0.5, 0.6) is 0 Å². The maximum Gasteiger partial charge on any atom is 0.0437 e. The zero-order chi connectivity index (χ0) is 37.1. The summed E-state index contributed by atoms with van der Waals surface area (Å²) >= 11 is 1.95. The Balaban J connectivity index is 1.12. The molecule has 0 unspecified atom stereocenters. The summed E-state index contributed by atoms with van der Waals surface area (Å²) in [6.07, 6.45) is 0. The maximum absolute atomic E-state index is 2.51. The summed E-state index contributed by atoms with van der Waals surface area (Å²) in [6.45, 7) is 4.83. The highest BCUT2D eigenvalue weighted by molar-refractivity contribution is 7.26. The minimum Gasteiger partial charge on any atom is -0.134 e. The molecule has 0 saturated heterocycles. The quantitative estimate of drug-likeness (QED) is 0.159. The Kier molecular flexibility index (Phi) is 6.66. The van der Waals surface area contributed by atoms with Crippen molar-refractivity contribution in [2.45, 2.75) is 19.3 Å². The van der Waals surface area contributed by atoms with Gasteiger partial charge in [0, 0.05) is 31.2 Å². The summed E-state index contributed by atoms with van der Waals surface area (Å²) in [4.78, 5) is 0. The lowest BCUT2D eigenvalue weighted by Gasteiger charge is -2.25. The molecule has 0 saturated carbocycles. The molecule has 0 aliphatic heterocycles. The molecular formula is C55H36S. The summed E-state index contributed by atoms with van der Waals surface area (Å²) in [5.74, 6) is 0. The van der Waals surface area contributed by atoms with Crippen LogP contribution in [0.4, 0.5) is 0 Å². The summed E-state index contributed by atoms with van der Waals surface area (Å²) < 4.78 is 2.72. The maximum atomic E-state index is 2.51. The Morgan fingerprint density at radius 3 is 1.59 bits per heavy atom. The van der Waals surface area contributed by atoms with E-state index in [0.29, 0.717) is 0 Å². The number of hydrogen-bond donors (Lipinski definition) is 0. The van der Waals surface area contributed by atoms with E-state index in [0.717, 1.165) is 0 Å². The van der Waals surface area contributed by atoms with E-state index in [4.69, 9.17) is 0 Å². The molecule has 0 bridgehead atoms. The number of thiophene rings is 1. The molecule has 0 atom stereocenters. The lowest BCUT2D eigenvalue weighted by Crippen LogP contribution is -2.16. The molecule has 0 fully saturated rings. The topological polar surface area (TPSA) is 0 Å². The van der Waals surface area contributed by atoms with E-state index in [2.05, 4.69) is 196 Å². The molecule has 12 rings (SSSR count). The summed E-state index contributed by atoms with van der Waals surface area (Å²) in [5.41, 5.74) is 13.2. The largest absolute Gasteiger partial charge is 0.134 e. The second-order valence-electron chi connectivity index (χ2n) is 15.9. The van der Waals surface area contributed by atoms with E-state index in [9.17, 15) is 0 Å². The van der Waals surface area contributed by atoms with E-state index >= 15 is 0 Å². The lowest BCUT2D eigenvalue weighted by atomic mass is 9.78. The Bertz CT molecular complexity index is 3370. The van der Waals surface area contributed by atoms with Crippen LogP contribution in [-0.2, 0) is 5.41 Å². The van der Waals surface area contributed by atoms with Gasteiger partial charge in [0.1, 0.15) is 0 Å². The average molecular weight is 729 g/mol. The summed E-state index contributed by atoms with van der Waals surface area (Å²) in [5, 5.41) is 13.0. The van der Waals surface area contributed by atoms with E-state index in [1.54, 1.807) is 0 Å². The molecule has 1 aliphatic carbocycles. The van der Waals surface area contributed by atoms with Crippen molar-refractivity contribution in [2.75, 3.05) is 0 Å². The predicted molar refractivity (Wildman–Crippen MR) is 243 cm³/mol. The Morgan fingerprint density at radius 2 is 0.893 bits per heavy atom. The van der Waals surface area contributed by atoms with Crippen LogP contribution < -0.4 is 0 Å². The predicted octanol–water partition coefficient (Wildman–Crippen LogP) is 16.0. The fourth-order valence-corrected chi connectivity index (χ4v) is 11.5. The first kappa shape index (κ1) is 31.8. The molecule has 0 N–H and O–H groups in total. The molecule has 1 aromatic heterocycles. The highest BCUT2D eigenvalue weighted by Crippen LogP contribution is 2.57. The van der Waals surface area contributed by atoms with Gasteiger partial charge in [-0.3, -0.25) is 0 Å². The van der Waals surface area contributed by atoms with Gasteiger partial charge in [-0.05, 0) is 105 Å². The van der Waals surface area contributed by atoms with Gasteiger partial charge >= 0.3 is 0 Å². The SMILES string of the molecule is CC1(C)c2ccccc2-c2cc3c(sc4ccc5ccccc5c43)c(-c3ccc(-c4c5ccccc5c(-c5cccc6ccccc56)c5ccccc45)cc3)c21. The zero-order valence-electron chi connectivity index (χ0n) is 31.2. The third-order valence-corrected chi connectivity index (χ3v) is 13.8. The molecule has 10 aromatic carbocycles. The second kappa shape index (κ2) is 11.7. The van der Waals surface area contributed by atoms with Crippen LogP contribution in [0.1, 0.15) is 25.0 Å². The van der Waals surface area contributed by atoms with Crippen molar-refractivity contribution < 1.29 is 0 Å². The van der Waals surface area contributed by atoms with Crippen molar-refractivity contribution in [1.82, 2.24) is 0 Å². The van der Waals surface area contributed by atoms with Crippen LogP contribution in [0.15, 0.2) is 182 Å². The highest BCUT2D eigenvalue weighted by Gasteiger charge is 2.39. The van der Waals surface area contributed by atoms with Gasteiger partial charge in [-0.1, -0.05) is 184 Å². The molecule has 0 amide bonds. The fourth-order valence-electron chi connectivity index (χ4n) is 10.2. The number of benzene rings is 10. The molecule has 11 aromatic rings. The van der Waals surface area contributed by atoms with Crippen molar-refractivity contribution in [2.24, 2.45) is 0 Å². The van der Waals surface area contributed by atoms with Crippen molar-refractivity contribution in [1.29, 1.82) is 0 Å². The van der Waals surface area contributed by atoms with Gasteiger partial charge in [-0.15, -0.1) is 11.3 Å². The molecule has 1 aliphatic rings. The molecule has 56 heavy (non-hydrogen) atoms. The third-order valence-electron chi connectivity index (χ3n) is 12.6. The Labute approximate surface area is 329 Å². The van der Waals surface area contributed by atoms with Crippen LogP contribution in [0.2, 0.25) is 0 Å². The Hall–Kier alpha value is -6.54. The summed E-state index contributed by atoms with van der Waals surface area (Å²) in [7, 11) is 0. The molecule has 0 spiro atoms. The van der Waals surface area contributed by atoms with E-state index < -0.39 is 0 Å². The Morgan fingerprint density at radius 1 is 0.375 bits per heavy atom. The average Bonchev–Trinajstić information content (AvgIpc) is 3.74. The van der Waals surface area contributed by atoms with Gasteiger partial charge in [0.2, 0.25) is 0 Å². The van der Waals surface area contributed by atoms with E-state index in [1.165, 1.54) is 119 Å². The third kappa shape index (κ3) is 4.35. The number of hydrogen-bond acceptors (Lipinski definition) is 1. The van der Waals surface area contributed by atoms with Crippen molar-refractivity contribution >= 4 is 74.6 Å². The first-order valence-electron chi connectivity index (χ1n) is 19.6. The molecule has 1 heteroatoms. The molecule has 0 nitrogen and oxygen atoms in total. The monoisotopic (exact) mass is 728 g/mol. The molecule has 0 radical (unpaired) electrons. The van der Waals surface area contributed by atoms with Gasteiger partial charge in [-0.2, -0.15) is 0 Å². The highest BCUT2D eigenvalue weighted by atomic mass is 32.1. The smallest absolute Gasteiger partial charge is 0.0437 e. The minimum absolute atomic E-state index is 0.143. The van der Waals surface area contributed by atoms with Crippen molar-refractivity contribution in [3.05, 3.63) is 193 Å². The van der Waals surface area contributed by atoms with Gasteiger partial charge in [-0.25, -0.2) is 0 Å². The van der Waals surface area contributed by atoms with E-state index in [1.807, 2.05) is 11.3 Å². The van der Waals surface area contributed by atoms with Crippen molar-refractivity contribution in [3.63, 3.8) is 0 Å². The first-order chi connectivity index (χ1) is 27.6. The first-order valence-corrected chi connectivity index (χ1v) is 20.4. The second-order valence-corrected chi connectivity index (χ2v) is 17.0. The zero-order valence-corrected chi connectivity index (χ0v) is 32.0. The molecule has 1 heterocycles. The molecule has 262 valence electrons. The molecular weight excluding hydrogens is 693 g/mol. The standard InChI is InChI=1S/C55H36S/c1-55(2)47-25-12-11-19-39(47)45-32-46-52-38-18-6-4-15-34(38)30-31-48(52)56-54(46)50(53(45)55)36-28-26-35(27-29-36)49-41-20-7-9-22-43(41)51(44-23-10-8-21-42(44)49)40-24-13-16-33-14-3-5-17-37(33)40/h3-32H,1-2H3. The summed E-state index contributed by atoms with van der Waals surface area (Å²) in [6, 6.07) is 68.1. The fraction of sp³-hybridized carbons (Fsp3) is 0.0545. The van der Waals surface area contributed by atoms with Crippen molar-refractivity contribution in [3.8, 4) is 44.5 Å². The van der Waals surface area contributed by atoms with E-state index in [-0.39, 0.29) is 5.41 Å². The van der Waals surface area contributed by atoms with Crippen LogP contribution in [0, 0.1) is 0 Å². The number of rotatable bonds is 3. The van der Waals surface area contributed by atoms with Crippen LogP contribution >= 0.6 is 11.3 Å². The van der Waals surface area contributed by atoms with Gasteiger partial charge in [0.05, 0.1) is 0 Å². The lowest BCUT2D eigenvalue weighted by molar-refractivity contribution is 0.663. The van der Waals surface area contributed by atoms with Gasteiger partial charge in [0.25, 0.3) is 0 Å². The minimum atomic E-state index is -0.143. The van der Waals surface area contributed by atoms with Crippen LogP contribution in [0.25, 0.3) is 108 Å². The van der Waals surface area contributed by atoms with Gasteiger partial charge < -0.3 is 0 Å². The normalized spacial score (nSPS) is 13.3. The van der Waals surface area contributed by atoms with Crippen LogP contribution in [0.3, 0.4) is 0 Å². The van der Waals surface area contributed by atoms with Crippen LogP contribution in [-0.4, -0.2) is 0 Å².